The van der Waals surface area contributed by atoms with Crippen LogP contribution in [-0.2, 0) is 0 Å². The van der Waals surface area contributed by atoms with Crippen molar-refractivity contribution in [3.63, 3.8) is 0 Å². The lowest BCUT2D eigenvalue weighted by atomic mass is 10.1. The van der Waals surface area contributed by atoms with Gasteiger partial charge >= 0.3 is 5.97 Å². The Morgan fingerprint density at radius 3 is 2.63 bits per heavy atom. The van der Waals surface area contributed by atoms with Crippen molar-refractivity contribution in [1.82, 2.24) is 10.2 Å². The first-order chi connectivity index (χ1) is 8.97. The summed E-state index contributed by atoms with van der Waals surface area (Å²) in [6.45, 7) is 6.22. The zero-order chi connectivity index (χ0) is 14.4. The topological polar surface area (TPSA) is 95.3 Å². The van der Waals surface area contributed by atoms with Crippen LogP contribution < -0.4 is 5.32 Å². The molecule has 0 saturated heterocycles. The SMILES string of the molecule is Cc1nnc(NCCCC(C)CO)c(C(=O)O)c1C. The molecule has 1 aromatic rings. The number of carboxylic acids is 1. The lowest BCUT2D eigenvalue weighted by Gasteiger charge is -2.12. The number of aryl methyl sites for hydroxylation is 1. The van der Waals surface area contributed by atoms with Crippen molar-refractivity contribution >= 4 is 11.8 Å². The molecule has 0 aliphatic rings. The molecule has 1 rings (SSSR count). The molecule has 0 aromatic carbocycles. The standard InChI is InChI=1S/C13H21N3O3/c1-8(7-17)5-4-6-14-12-11(13(18)19)9(2)10(3)15-16-12/h8,17H,4-7H2,1-3H3,(H,14,16)(H,18,19). The molecular formula is C13H21N3O3. The molecule has 1 atom stereocenters. The molecule has 0 fully saturated rings. The second kappa shape index (κ2) is 7.04. The van der Waals surface area contributed by atoms with Crippen LogP contribution in [0.2, 0.25) is 0 Å². The minimum atomic E-state index is -0.998. The van der Waals surface area contributed by atoms with Gasteiger partial charge in [-0.25, -0.2) is 4.79 Å². The van der Waals surface area contributed by atoms with Gasteiger partial charge in [0.2, 0.25) is 0 Å². The van der Waals surface area contributed by atoms with Gasteiger partial charge in [0.1, 0.15) is 5.56 Å². The highest BCUT2D eigenvalue weighted by Crippen LogP contribution is 2.18. The molecule has 6 nitrogen and oxygen atoms in total. The number of carboxylic acid groups (broad SMARTS) is 1. The van der Waals surface area contributed by atoms with E-state index in [2.05, 4.69) is 15.5 Å². The highest BCUT2D eigenvalue weighted by Gasteiger charge is 2.17. The van der Waals surface area contributed by atoms with E-state index in [0.29, 0.717) is 23.6 Å². The van der Waals surface area contributed by atoms with E-state index in [1.165, 1.54) is 0 Å². The summed E-state index contributed by atoms with van der Waals surface area (Å²) in [6.07, 6.45) is 1.72. The minimum Gasteiger partial charge on any atom is -0.478 e. The molecule has 1 aromatic heterocycles. The van der Waals surface area contributed by atoms with Gasteiger partial charge in [-0.1, -0.05) is 6.92 Å². The Labute approximate surface area is 112 Å². The van der Waals surface area contributed by atoms with Crippen molar-refractivity contribution in [2.75, 3.05) is 18.5 Å². The number of aliphatic hydroxyl groups excluding tert-OH is 1. The van der Waals surface area contributed by atoms with Crippen LogP contribution in [0.1, 0.15) is 41.4 Å². The maximum absolute atomic E-state index is 11.2. The van der Waals surface area contributed by atoms with Gasteiger partial charge in [-0.05, 0) is 38.2 Å². The average molecular weight is 267 g/mol. The molecule has 1 unspecified atom stereocenters. The van der Waals surface area contributed by atoms with E-state index in [0.717, 1.165) is 12.8 Å². The van der Waals surface area contributed by atoms with Crippen LogP contribution in [0.4, 0.5) is 5.82 Å². The van der Waals surface area contributed by atoms with E-state index < -0.39 is 5.97 Å². The molecule has 6 heteroatoms. The normalized spacial score (nSPS) is 12.2. The largest absolute Gasteiger partial charge is 0.478 e. The predicted octanol–water partition coefficient (Wildman–Crippen LogP) is 1.61. The fourth-order valence-corrected chi connectivity index (χ4v) is 1.74. The van der Waals surface area contributed by atoms with Crippen LogP contribution in [0.15, 0.2) is 0 Å². The van der Waals surface area contributed by atoms with Gasteiger partial charge < -0.3 is 15.5 Å². The third-order valence-electron chi connectivity index (χ3n) is 3.15. The smallest absolute Gasteiger partial charge is 0.339 e. The maximum atomic E-state index is 11.2. The predicted molar refractivity (Wildman–Crippen MR) is 72.4 cm³/mol. The van der Waals surface area contributed by atoms with Crippen molar-refractivity contribution in [1.29, 1.82) is 0 Å². The molecule has 0 saturated carbocycles. The fraction of sp³-hybridized carbons (Fsp3) is 0.615. The molecule has 3 N–H and O–H groups in total. The second-order valence-electron chi connectivity index (χ2n) is 4.80. The zero-order valence-electron chi connectivity index (χ0n) is 11.6. The van der Waals surface area contributed by atoms with Crippen LogP contribution in [0.5, 0.6) is 0 Å². The van der Waals surface area contributed by atoms with Crippen LogP contribution in [-0.4, -0.2) is 39.5 Å². The third-order valence-corrected chi connectivity index (χ3v) is 3.15. The van der Waals surface area contributed by atoms with Crippen molar-refractivity contribution < 1.29 is 15.0 Å². The van der Waals surface area contributed by atoms with Crippen LogP contribution in [0.3, 0.4) is 0 Å². The number of aliphatic hydroxyl groups is 1. The quantitative estimate of drug-likeness (QED) is 0.650. The van der Waals surface area contributed by atoms with Gasteiger partial charge in [-0.2, -0.15) is 5.10 Å². The molecule has 0 amide bonds. The Balaban J connectivity index is 2.68. The number of anilines is 1. The van der Waals surface area contributed by atoms with Gasteiger partial charge in [0.15, 0.2) is 5.82 Å². The molecule has 0 spiro atoms. The molecule has 0 aliphatic heterocycles. The summed E-state index contributed by atoms with van der Waals surface area (Å²) >= 11 is 0. The summed E-state index contributed by atoms with van der Waals surface area (Å²) < 4.78 is 0. The first-order valence-corrected chi connectivity index (χ1v) is 6.39. The number of hydrogen-bond acceptors (Lipinski definition) is 5. The van der Waals surface area contributed by atoms with Crippen molar-refractivity contribution in [2.45, 2.75) is 33.6 Å². The lowest BCUT2D eigenvalue weighted by Crippen LogP contribution is -2.14. The van der Waals surface area contributed by atoms with E-state index in [-0.39, 0.29) is 18.1 Å². The summed E-state index contributed by atoms with van der Waals surface area (Å²) in [4.78, 5) is 11.2. The van der Waals surface area contributed by atoms with Gasteiger partial charge in [0.05, 0.1) is 5.69 Å². The van der Waals surface area contributed by atoms with E-state index in [4.69, 9.17) is 5.11 Å². The first-order valence-electron chi connectivity index (χ1n) is 6.39. The highest BCUT2D eigenvalue weighted by atomic mass is 16.4. The number of aromatic carboxylic acids is 1. The Kier molecular flexibility index (Phi) is 5.69. The number of hydrogen-bond donors (Lipinski definition) is 3. The molecule has 19 heavy (non-hydrogen) atoms. The number of nitrogens with zero attached hydrogens (tertiary/aromatic N) is 2. The lowest BCUT2D eigenvalue weighted by molar-refractivity contribution is 0.0696. The number of aromatic nitrogens is 2. The van der Waals surface area contributed by atoms with Crippen molar-refractivity contribution in [3.05, 3.63) is 16.8 Å². The van der Waals surface area contributed by atoms with Crippen LogP contribution >= 0.6 is 0 Å². The fourth-order valence-electron chi connectivity index (χ4n) is 1.74. The summed E-state index contributed by atoms with van der Waals surface area (Å²) in [6, 6.07) is 0. The van der Waals surface area contributed by atoms with Crippen LogP contribution in [0, 0.1) is 19.8 Å². The molecule has 0 aliphatic carbocycles. The average Bonchev–Trinajstić information content (AvgIpc) is 2.37. The molecule has 106 valence electrons. The Hall–Kier alpha value is -1.69. The zero-order valence-corrected chi connectivity index (χ0v) is 11.6. The van der Waals surface area contributed by atoms with Gasteiger partial charge in [-0.3, -0.25) is 0 Å². The Morgan fingerprint density at radius 1 is 1.37 bits per heavy atom. The third kappa shape index (κ3) is 4.17. The minimum absolute atomic E-state index is 0.170. The van der Waals surface area contributed by atoms with Crippen molar-refractivity contribution in [2.24, 2.45) is 5.92 Å². The van der Waals surface area contributed by atoms with Gasteiger partial charge in [0, 0.05) is 13.2 Å². The summed E-state index contributed by atoms with van der Waals surface area (Å²) in [5.41, 5.74) is 1.44. The van der Waals surface area contributed by atoms with E-state index in [1.807, 2.05) is 6.92 Å². The van der Waals surface area contributed by atoms with E-state index in [9.17, 15) is 9.90 Å². The Bertz CT molecular complexity index is 449. The van der Waals surface area contributed by atoms with E-state index >= 15 is 0 Å². The monoisotopic (exact) mass is 267 g/mol. The molecule has 0 radical (unpaired) electrons. The summed E-state index contributed by atoms with van der Waals surface area (Å²) in [7, 11) is 0. The molecular weight excluding hydrogens is 246 g/mol. The second-order valence-corrected chi connectivity index (χ2v) is 4.80. The first kappa shape index (κ1) is 15.4. The molecule has 1 heterocycles. The van der Waals surface area contributed by atoms with Crippen molar-refractivity contribution in [3.8, 4) is 0 Å². The summed E-state index contributed by atoms with van der Waals surface area (Å²) in [5.74, 6) is -0.430. The highest BCUT2D eigenvalue weighted by molar-refractivity contribution is 5.94. The van der Waals surface area contributed by atoms with Crippen LogP contribution in [0.25, 0.3) is 0 Å². The Morgan fingerprint density at radius 2 is 2.05 bits per heavy atom. The number of carbonyl (C=O) groups is 1. The summed E-state index contributed by atoms with van der Waals surface area (Å²) in [5, 5.41) is 29.0. The number of rotatable bonds is 7. The maximum Gasteiger partial charge on any atom is 0.339 e. The van der Waals surface area contributed by atoms with Gasteiger partial charge in [0.25, 0.3) is 0 Å². The number of nitrogens with one attached hydrogen (secondary N) is 1. The molecule has 0 bridgehead atoms. The van der Waals surface area contributed by atoms with Gasteiger partial charge in [-0.15, -0.1) is 5.10 Å². The van der Waals surface area contributed by atoms with E-state index in [1.54, 1.807) is 13.8 Å².